The van der Waals surface area contributed by atoms with Gasteiger partial charge in [0.25, 0.3) is 11.8 Å². The van der Waals surface area contributed by atoms with E-state index in [4.69, 9.17) is 11.5 Å². The van der Waals surface area contributed by atoms with E-state index in [2.05, 4.69) is 22.2 Å². The van der Waals surface area contributed by atoms with Crippen LogP contribution in [0.4, 0.5) is 10.7 Å². The molecule has 2 amide bonds. The molecule has 1 aliphatic rings. The fraction of sp³-hybridized carbons (Fsp3) is 0.538. The van der Waals surface area contributed by atoms with Crippen molar-refractivity contribution in [3.05, 3.63) is 10.4 Å². The van der Waals surface area contributed by atoms with E-state index in [1.165, 1.54) is 11.3 Å². The number of nitrogens with two attached hydrogens (primary N) is 2. The van der Waals surface area contributed by atoms with Gasteiger partial charge in [0.05, 0.1) is 11.3 Å². The van der Waals surface area contributed by atoms with E-state index in [-0.39, 0.29) is 16.5 Å². The van der Waals surface area contributed by atoms with Gasteiger partial charge in [-0.25, -0.2) is 0 Å². The van der Waals surface area contributed by atoms with Gasteiger partial charge >= 0.3 is 0 Å². The van der Waals surface area contributed by atoms with Gasteiger partial charge in [-0.15, -0.1) is 11.3 Å². The molecular weight excluding hydrogens is 290 g/mol. The first-order valence-corrected chi connectivity index (χ1v) is 7.65. The van der Waals surface area contributed by atoms with Crippen molar-refractivity contribution < 1.29 is 9.59 Å². The van der Waals surface area contributed by atoms with Crippen LogP contribution in [0.2, 0.25) is 0 Å². The van der Waals surface area contributed by atoms with Crippen molar-refractivity contribution in [1.82, 2.24) is 10.2 Å². The van der Waals surface area contributed by atoms with Gasteiger partial charge in [-0.2, -0.15) is 0 Å². The smallest absolute Gasteiger partial charge is 0.260 e. The van der Waals surface area contributed by atoms with Gasteiger partial charge in [0.2, 0.25) is 0 Å². The minimum Gasteiger partial charge on any atom is -0.397 e. The number of thiophene rings is 1. The lowest BCUT2D eigenvalue weighted by atomic mass is 10.2. The highest BCUT2D eigenvalue weighted by Crippen LogP contribution is 2.38. The Balaban J connectivity index is 2.43. The van der Waals surface area contributed by atoms with Crippen LogP contribution in [0.3, 0.4) is 0 Å². The van der Waals surface area contributed by atoms with Crippen LogP contribution >= 0.6 is 11.3 Å². The Kier molecular flexibility index (Phi) is 4.69. The summed E-state index contributed by atoms with van der Waals surface area (Å²) in [5.74, 6) is -0.885. The monoisotopic (exact) mass is 311 g/mol. The SMILES string of the molecule is CNC(=O)c1c(N2CCCN(C)CC2)sc(C(N)=O)c1N. The fourth-order valence-corrected chi connectivity index (χ4v) is 3.55. The van der Waals surface area contributed by atoms with Gasteiger partial charge in [-0.1, -0.05) is 0 Å². The molecule has 0 unspecified atom stereocenters. The number of amides is 2. The number of carbonyl (C=O) groups excluding carboxylic acids is 2. The van der Waals surface area contributed by atoms with Crippen molar-refractivity contribution in [3.63, 3.8) is 0 Å². The molecule has 21 heavy (non-hydrogen) atoms. The predicted octanol–water partition coefficient (Wildman–Crippen LogP) is -0.0693. The summed E-state index contributed by atoms with van der Waals surface area (Å²) in [5, 5.41) is 3.31. The van der Waals surface area contributed by atoms with E-state index < -0.39 is 5.91 Å². The quantitative estimate of drug-likeness (QED) is 0.725. The van der Waals surface area contributed by atoms with E-state index in [9.17, 15) is 9.59 Å². The second-order valence-corrected chi connectivity index (χ2v) is 6.11. The first kappa shape index (κ1) is 15.6. The van der Waals surface area contributed by atoms with Crippen LogP contribution in [-0.4, -0.2) is 57.0 Å². The number of rotatable bonds is 3. The second kappa shape index (κ2) is 6.31. The average molecular weight is 311 g/mol. The summed E-state index contributed by atoms with van der Waals surface area (Å²) < 4.78 is 0. The van der Waals surface area contributed by atoms with Crippen LogP contribution in [0, 0.1) is 0 Å². The van der Waals surface area contributed by atoms with E-state index in [0.29, 0.717) is 5.56 Å². The van der Waals surface area contributed by atoms with Crippen LogP contribution in [0.25, 0.3) is 0 Å². The summed E-state index contributed by atoms with van der Waals surface area (Å²) in [6.45, 7) is 3.53. The highest BCUT2D eigenvalue weighted by atomic mass is 32.1. The number of likely N-dealkylation sites (N-methyl/N-ethyl adjacent to an activating group) is 1. The number of anilines is 2. The maximum absolute atomic E-state index is 12.1. The molecule has 0 aromatic carbocycles. The highest BCUT2D eigenvalue weighted by molar-refractivity contribution is 7.19. The second-order valence-electron chi connectivity index (χ2n) is 5.11. The molecule has 1 saturated heterocycles. The molecule has 116 valence electrons. The molecule has 1 aliphatic heterocycles. The molecule has 5 N–H and O–H groups in total. The Hall–Kier alpha value is -1.80. The van der Waals surface area contributed by atoms with E-state index in [0.717, 1.165) is 37.6 Å². The average Bonchev–Trinajstić information content (AvgIpc) is 2.64. The van der Waals surface area contributed by atoms with Gasteiger partial charge in [0.15, 0.2) is 0 Å². The molecule has 1 aromatic rings. The number of nitrogens with zero attached hydrogens (tertiary/aromatic N) is 2. The Bertz CT molecular complexity index is 557. The number of nitrogen functional groups attached to an aromatic ring is 1. The number of nitrogens with one attached hydrogen (secondary N) is 1. The minimum atomic E-state index is -0.596. The summed E-state index contributed by atoms with van der Waals surface area (Å²) in [5.41, 5.74) is 11.9. The molecule has 0 spiro atoms. The van der Waals surface area contributed by atoms with Gasteiger partial charge < -0.3 is 26.6 Å². The maximum atomic E-state index is 12.1. The first-order chi connectivity index (χ1) is 9.95. The van der Waals surface area contributed by atoms with E-state index in [1.54, 1.807) is 7.05 Å². The van der Waals surface area contributed by atoms with Crippen LogP contribution in [0.15, 0.2) is 0 Å². The summed E-state index contributed by atoms with van der Waals surface area (Å²) in [4.78, 5) is 28.2. The molecule has 0 saturated carbocycles. The van der Waals surface area contributed by atoms with Gasteiger partial charge in [0, 0.05) is 26.7 Å². The summed E-state index contributed by atoms with van der Waals surface area (Å²) in [6, 6.07) is 0. The van der Waals surface area contributed by atoms with Crippen molar-refractivity contribution >= 4 is 33.8 Å². The lowest BCUT2D eigenvalue weighted by Crippen LogP contribution is -2.30. The van der Waals surface area contributed by atoms with Crippen LogP contribution < -0.4 is 21.7 Å². The standard InChI is InChI=1S/C13H21N5O2S/c1-16-12(20)8-9(14)10(11(15)19)21-13(8)18-5-3-4-17(2)6-7-18/h3-7,14H2,1-2H3,(H2,15,19)(H,16,20). The van der Waals surface area contributed by atoms with E-state index >= 15 is 0 Å². The van der Waals surface area contributed by atoms with Crippen molar-refractivity contribution in [2.45, 2.75) is 6.42 Å². The van der Waals surface area contributed by atoms with Crippen molar-refractivity contribution in [3.8, 4) is 0 Å². The zero-order chi connectivity index (χ0) is 15.6. The number of hydrogen-bond donors (Lipinski definition) is 3. The molecular formula is C13H21N5O2S. The zero-order valence-electron chi connectivity index (χ0n) is 12.3. The van der Waals surface area contributed by atoms with Crippen LogP contribution in [0.1, 0.15) is 26.5 Å². The summed E-state index contributed by atoms with van der Waals surface area (Å²) in [7, 11) is 3.62. The highest BCUT2D eigenvalue weighted by Gasteiger charge is 2.27. The Morgan fingerprint density at radius 1 is 1.24 bits per heavy atom. The number of hydrogen-bond acceptors (Lipinski definition) is 6. The summed E-state index contributed by atoms with van der Waals surface area (Å²) in [6.07, 6.45) is 0.993. The van der Waals surface area contributed by atoms with Crippen molar-refractivity contribution in [2.24, 2.45) is 5.73 Å². The molecule has 7 nitrogen and oxygen atoms in total. The van der Waals surface area contributed by atoms with Crippen LogP contribution in [-0.2, 0) is 0 Å². The zero-order valence-corrected chi connectivity index (χ0v) is 13.1. The largest absolute Gasteiger partial charge is 0.397 e. The Labute approximate surface area is 127 Å². The predicted molar refractivity (Wildman–Crippen MR) is 85.0 cm³/mol. The normalized spacial score (nSPS) is 16.6. The molecule has 1 fully saturated rings. The minimum absolute atomic E-state index is 0.180. The van der Waals surface area contributed by atoms with E-state index in [1.807, 2.05) is 0 Å². The molecule has 1 aromatic heterocycles. The van der Waals surface area contributed by atoms with Crippen molar-refractivity contribution in [2.75, 3.05) is 50.9 Å². The third-order valence-electron chi connectivity index (χ3n) is 3.61. The fourth-order valence-electron chi connectivity index (χ4n) is 2.43. The third-order valence-corrected chi connectivity index (χ3v) is 4.89. The van der Waals surface area contributed by atoms with Crippen molar-refractivity contribution in [1.29, 1.82) is 0 Å². The molecule has 8 heteroatoms. The Morgan fingerprint density at radius 2 is 1.95 bits per heavy atom. The van der Waals surface area contributed by atoms with Crippen LogP contribution in [0.5, 0.6) is 0 Å². The summed E-state index contributed by atoms with van der Waals surface area (Å²) >= 11 is 1.20. The molecule has 2 heterocycles. The lowest BCUT2D eigenvalue weighted by molar-refractivity contribution is 0.0964. The third kappa shape index (κ3) is 3.11. The molecule has 0 atom stereocenters. The maximum Gasteiger partial charge on any atom is 0.260 e. The molecule has 0 radical (unpaired) electrons. The number of primary amides is 1. The first-order valence-electron chi connectivity index (χ1n) is 6.83. The molecule has 2 rings (SSSR count). The topological polar surface area (TPSA) is 105 Å². The Morgan fingerprint density at radius 3 is 2.57 bits per heavy atom. The molecule has 0 bridgehead atoms. The van der Waals surface area contributed by atoms with Gasteiger partial charge in [-0.05, 0) is 20.0 Å². The molecule has 0 aliphatic carbocycles. The van der Waals surface area contributed by atoms with Gasteiger partial charge in [-0.3, -0.25) is 9.59 Å². The number of carbonyl (C=O) groups is 2. The lowest BCUT2D eigenvalue weighted by Gasteiger charge is -2.22. The van der Waals surface area contributed by atoms with Gasteiger partial charge in [0.1, 0.15) is 9.88 Å².